The van der Waals surface area contributed by atoms with Crippen LogP contribution in [0.5, 0.6) is 0 Å². The summed E-state index contributed by atoms with van der Waals surface area (Å²) < 4.78 is 15.6. The van der Waals surface area contributed by atoms with E-state index in [2.05, 4.69) is 6.92 Å². The van der Waals surface area contributed by atoms with Gasteiger partial charge in [-0.25, -0.2) is 4.79 Å². The third-order valence-corrected chi connectivity index (χ3v) is 2.59. The summed E-state index contributed by atoms with van der Waals surface area (Å²) >= 11 is 0. The summed E-state index contributed by atoms with van der Waals surface area (Å²) in [6.45, 7) is 7.95. The highest BCUT2D eigenvalue weighted by molar-refractivity contribution is 5.63. The van der Waals surface area contributed by atoms with Gasteiger partial charge in [-0.1, -0.05) is 13.3 Å². The summed E-state index contributed by atoms with van der Waals surface area (Å²) in [4.78, 5) is 11.0. The minimum Gasteiger partial charge on any atom is -0.421 e. The van der Waals surface area contributed by atoms with Crippen LogP contribution >= 0.6 is 0 Å². The molecule has 0 saturated carbocycles. The normalized spacial score (nSPS) is 29.9. The molecular weight excluding hydrogens is 184 g/mol. The van der Waals surface area contributed by atoms with E-state index in [9.17, 15) is 4.79 Å². The van der Waals surface area contributed by atoms with Gasteiger partial charge in [0.1, 0.15) is 0 Å². The minimum atomic E-state index is -0.959. The zero-order valence-electron chi connectivity index (χ0n) is 9.25. The van der Waals surface area contributed by atoms with Crippen LogP contribution < -0.4 is 0 Å². The van der Waals surface area contributed by atoms with Gasteiger partial charge in [0.2, 0.25) is 0 Å². The molecule has 1 aliphatic heterocycles. The smallest absolute Gasteiger partial charge is 0.421 e. The third-order valence-electron chi connectivity index (χ3n) is 2.59. The van der Waals surface area contributed by atoms with E-state index in [1.165, 1.54) is 0 Å². The van der Waals surface area contributed by atoms with Crippen molar-refractivity contribution in [2.75, 3.05) is 6.61 Å². The van der Waals surface area contributed by atoms with E-state index in [4.69, 9.17) is 14.2 Å². The van der Waals surface area contributed by atoms with E-state index < -0.39 is 17.5 Å². The number of hydrogen-bond acceptors (Lipinski definition) is 4. The minimum absolute atomic E-state index is 0.576. The molecule has 1 fully saturated rings. The van der Waals surface area contributed by atoms with Gasteiger partial charge in [-0.3, -0.25) is 0 Å². The number of rotatable bonds is 4. The lowest BCUT2D eigenvalue weighted by Crippen LogP contribution is -2.47. The van der Waals surface area contributed by atoms with E-state index in [1.54, 1.807) is 20.8 Å². The zero-order chi connectivity index (χ0) is 10.8. The molecule has 82 valence electrons. The van der Waals surface area contributed by atoms with E-state index in [1.807, 2.05) is 0 Å². The highest BCUT2D eigenvalue weighted by atomic mass is 16.9. The molecule has 0 aromatic rings. The fourth-order valence-electron chi connectivity index (χ4n) is 1.22. The van der Waals surface area contributed by atoms with Crippen LogP contribution in [0.25, 0.3) is 0 Å². The van der Waals surface area contributed by atoms with Crippen molar-refractivity contribution in [3.8, 4) is 0 Å². The number of ether oxygens (including phenoxy) is 3. The molecule has 4 nitrogen and oxygen atoms in total. The van der Waals surface area contributed by atoms with Gasteiger partial charge in [-0.15, -0.1) is 0 Å². The van der Waals surface area contributed by atoms with Gasteiger partial charge in [0, 0.05) is 6.92 Å². The van der Waals surface area contributed by atoms with Crippen LogP contribution in [0.1, 0.15) is 40.5 Å². The Hall–Kier alpha value is -0.770. The van der Waals surface area contributed by atoms with Gasteiger partial charge < -0.3 is 14.2 Å². The topological polar surface area (TPSA) is 44.8 Å². The molecule has 0 bridgehead atoms. The summed E-state index contributed by atoms with van der Waals surface area (Å²) in [5, 5.41) is 0. The number of hydrogen-bond donors (Lipinski definition) is 0. The summed E-state index contributed by atoms with van der Waals surface area (Å²) in [6.07, 6.45) is 1.34. The molecule has 1 atom stereocenters. The SMILES string of the molecule is CCCCOC1(C)OC(=O)OC1(C)C. The molecule has 14 heavy (non-hydrogen) atoms. The molecule has 1 rings (SSSR count). The van der Waals surface area contributed by atoms with Crippen molar-refractivity contribution in [3.05, 3.63) is 0 Å². The highest BCUT2D eigenvalue weighted by Gasteiger charge is 2.55. The van der Waals surface area contributed by atoms with Gasteiger partial charge in [-0.2, -0.15) is 0 Å². The van der Waals surface area contributed by atoms with E-state index in [-0.39, 0.29) is 0 Å². The lowest BCUT2D eigenvalue weighted by atomic mass is 9.99. The van der Waals surface area contributed by atoms with E-state index in [0.29, 0.717) is 6.61 Å². The molecule has 1 unspecified atom stereocenters. The van der Waals surface area contributed by atoms with Crippen molar-refractivity contribution in [3.63, 3.8) is 0 Å². The first-order valence-electron chi connectivity index (χ1n) is 4.97. The molecule has 0 amide bonds. The van der Waals surface area contributed by atoms with Crippen LogP contribution in [0.2, 0.25) is 0 Å². The Bertz CT molecular complexity index is 224. The number of carbonyl (C=O) groups is 1. The van der Waals surface area contributed by atoms with Gasteiger partial charge in [-0.05, 0) is 20.3 Å². The van der Waals surface area contributed by atoms with Crippen molar-refractivity contribution in [1.82, 2.24) is 0 Å². The van der Waals surface area contributed by atoms with Crippen LogP contribution in [0, 0.1) is 0 Å². The van der Waals surface area contributed by atoms with Crippen molar-refractivity contribution < 1.29 is 19.0 Å². The van der Waals surface area contributed by atoms with Crippen molar-refractivity contribution in [2.45, 2.75) is 51.9 Å². The first-order chi connectivity index (χ1) is 6.41. The maximum Gasteiger partial charge on any atom is 0.511 e. The van der Waals surface area contributed by atoms with Crippen molar-refractivity contribution in [2.24, 2.45) is 0 Å². The third kappa shape index (κ3) is 2.00. The molecule has 1 heterocycles. The Morgan fingerprint density at radius 3 is 2.36 bits per heavy atom. The predicted molar refractivity (Wildman–Crippen MR) is 50.9 cm³/mol. The van der Waals surface area contributed by atoms with Gasteiger partial charge >= 0.3 is 6.16 Å². The molecule has 0 aromatic carbocycles. The standard InChI is InChI=1S/C10H18O4/c1-5-6-7-12-10(4)9(2,3)13-8(11)14-10/h5-7H2,1-4H3. The Balaban J connectivity index is 2.58. The fraction of sp³-hybridized carbons (Fsp3) is 0.900. The quantitative estimate of drug-likeness (QED) is 0.519. The Labute approximate surface area is 84.5 Å². The highest BCUT2D eigenvalue weighted by Crippen LogP contribution is 2.37. The number of carbonyl (C=O) groups excluding carboxylic acids is 1. The first kappa shape index (κ1) is 11.3. The molecule has 1 aliphatic rings. The number of unbranched alkanes of at least 4 members (excludes halogenated alkanes) is 1. The van der Waals surface area contributed by atoms with Gasteiger partial charge in [0.15, 0.2) is 5.60 Å². The molecule has 0 aliphatic carbocycles. The van der Waals surface area contributed by atoms with Crippen LogP contribution in [-0.4, -0.2) is 24.2 Å². The summed E-state index contributed by atoms with van der Waals surface area (Å²) in [6, 6.07) is 0. The summed E-state index contributed by atoms with van der Waals surface area (Å²) in [5.74, 6) is -0.959. The van der Waals surface area contributed by atoms with E-state index in [0.717, 1.165) is 12.8 Å². The zero-order valence-corrected chi connectivity index (χ0v) is 9.25. The monoisotopic (exact) mass is 202 g/mol. The van der Waals surface area contributed by atoms with Crippen LogP contribution in [0.3, 0.4) is 0 Å². The van der Waals surface area contributed by atoms with Gasteiger partial charge in [0.05, 0.1) is 6.61 Å². The molecule has 0 radical (unpaired) electrons. The second kappa shape index (κ2) is 3.77. The maximum absolute atomic E-state index is 11.0. The average molecular weight is 202 g/mol. The average Bonchev–Trinajstić information content (AvgIpc) is 2.21. The van der Waals surface area contributed by atoms with Crippen LogP contribution in [0.15, 0.2) is 0 Å². The Morgan fingerprint density at radius 2 is 1.93 bits per heavy atom. The van der Waals surface area contributed by atoms with Crippen LogP contribution in [-0.2, 0) is 14.2 Å². The van der Waals surface area contributed by atoms with Crippen LogP contribution in [0.4, 0.5) is 4.79 Å². The molecule has 0 aromatic heterocycles. The Kier molecular flexibility index (Phi) is 3.04. The van der Waals surface area contributed by atoms with Crippen molar-refractivity contribution >= 4 is 6.16 Å². The van der Waals surface area contributed by atoms with E-state index >= 15 is 0 Å². The van der Waals surface area contributed by atoms with Gasteiger partial charge in [0.25, 0.3) is 5.79 Å². The lowest BCUT2D eigenvalue weighted by molar-refractivity contribution is -0.217. The second-order valence-electron chi connectivity index (χ2n) is 4.11. The maximum atomic E-state index is 11.0. The summed E-state index contributed by atoms with van der Waals surface area (Å²) in [5.41, 5.74) is -0.724. The predicted octanol–water partition coefficient (Wildman–Crippen LogP) is 2.46. The molecule has 0 spiro atoms. The lowest BCUT2D eigenvalue weighted by Gasteiger charge is -2.32. The second-order valence-corrected chi connectivity index (χ2v) is 4.11. The summed E-state index contributed by atoms with van der Waals surface area (Å²) in [7, 11) is 0. The fourth-order valence-corrected chi connectivity index (χ4v) is 1.22. The molecular formula is C10H18O4. The number of cyclic esters (lactones) is 2. The largest absolute Gasteiger partial charge is 0.511 e. The molecule has 4 heteroatoms. The molecule has 1 saturated heterocycles. The Morgan fingerprint density at radius 1 is 1.29 bits per heavy atom. The molecule has 0 N–H and O–H groups in total. The van der Waals surface area contributed by atoms with Crippen molar-refractivity contribution in [1.29, 1.82) is 0 Å². The first-order valence-corrected chi connectivity index (χ1v) is 4.97.